The Kier molecular flexibility index (Phi) is 3.66. The minimum Gasteiger partial charge on any atom is -0.495 e. The molecule has 0 atom stereocenters. The molecule has 96 valence electrons. The number of ether oxygens (including phenoxy) is 1. The maximum absolute atomic E-state index is 12.5. The van der Waals surface area contributed by atoms with Gasteiger partial charge in [0.1, 0.15) is 5.75 Å². The third-order valence-electron chi connectivity index (χ3n) is 1.87. The Morgan fingerprint density at radius 3 is 1.53 bits per heavy atom. The Balaban J connectivity index is 3.58. The number of alkyl halides is 6. The van der Waals surface area contributed by atoms with Crippen LogP contribution in [0.2, 0.25) is 0 Å². The zero-order valence-electron chi connectivity index (χ0n) is 8.21. The van der Waals surface area contributed by atoms with Crippen molar-refractivity contribution in [1.82, 2.24) is 0 Å². The molecule has 0 aromatic heterocycles. The van der Waals surface area contributed by atoms with Gasteiger partial charge in [0, 0.05) is 4.47 Å². The van der Waals surface area contributed by atoms with Crippen molar-refractivity contribution in [3.05, 3.63) is 27.7 Å². The van der Waals surface area contributed by atoms with Gasteiger partial charge in [0.25, 0.3) is 0 Å². The Morgan fingerprint density at radius 2 is 1.29 bits per heavy atom. The Labute approximate surface area is 101 Å². The average Bonchev–Trinajstić information content (AvgIpc) is 2.13. The fourth-order valence-electron chi connectivity index (χ4n) is 1.23. The highest BCUT2D eigenvalue weighted by Gasteiger charge is 2.42. The average molecular weight is 323 g/mol. The van der Waals surface area contributed by atoms with E-state index < -0.39 is 29.2 Å². The smallest absolute Gasteiger partial charge is 0.420 e. The summed E-state index contributed by atoms with van der Waals surface area (Å²) in [7, 11) is 0.758. The first-order valence-electron chi connectivity index (χ1n) is 4.09. The van der Waals surface area contributed by atoms with Gasteiger partial charge in [-0.1, -0.05) is 15.9 Å². The van der Waals surface area contributed by atoms with Crippen molar-refractivity contribution in [2.24, 2.45) is 0 Å². The van der Waals surface area contributed by atoms with Gasteiger partial charge in [0.15, 0.2) is 0 Å². The second kappa shape index (κ2) is 4.40. The predicted octanol–water partition coefficient (Wildman–Crippen LogP) is 4.50. The van der Waals surface area contributed by atoms with Crippen LogP contribution in [-0.4, -0.2) is 7.11 Å². The van der Waals surface area contributed by atoms with E-state index in [9.17, 15) is 26.3 Å². The lowest BCUT2D eigenvalue weighted by Gasteiger charge is -2.17. The van der Waals surface area contributed by atoms with Crippen LogP contribution in [0.5, 0.6) is 5.75 Å². The molecule has 0 saturated heterocycles. The fourth-order valence-corrected chi connectivity index (χ4v) is 1.69. The first-order valence-corrected chi connectivity index (χ1v) is 4.88. The van der Waals surface area contributed by atoms with Crippen LogP contribution < -0.4 is 4.74 Å². The monoisotopic (exact) mass is 322 g/mol. The first kappa shape index (κ1) is 14.1. The standard InChI is InChI=1S/C9H5BrF6O/c1-17-7-5(8(11,12)13)2-4(10)3-6(7)9(14,15)16/h2-3H,1H3. The van der Waals surface area contributed by atoms with Gasteiger partial charge < -0.3 is 4.74 Å². The molecule has 0 N–H and O–H groups in total. The van der Waals surface area contributed by atoms with E-state index in [1.807, 2.05) is 0 Å². The molecule has 1 aromatic rings. The van der Waals surface area contributed by atoms with Gasteiger partial charge in [-0.3, -0.25) is 0 Å². The number of hydrogen-bond donors (Lipinski definition) is 0. The highest BCUT2D eigenvalue weighted by atomic mass is 79.9. The zero-order valence-corrected chi connectivity index (χ0v) is 9.79. The van der Waals surface area contributed by atoms with Crippen LogP contribution in [0.4, 0.5) is 26.3 Å². The van der Waals surface area contributed by atoms with Gasteiger partial charge >= 0.3 is 12.4 Å². The summed E-state index contributed by atoms with van der Waals surface area (Å²) in [6.45, 7) is 0. The van der Waals surface area contributed by atoms with Crippen LogP contribution in [0.1, 0.15) is 11.1 Å². The second-order valence-corrected chi connectivity index (χ2v) is 3.95. The molecule has 0 unspecified atom stereocenters. The summed E-state index contributed by atoms with van der Waals surface area (Å²) in [4.78, 5) is 0. The quantitative estimate of drug-likeness (QED) is 0.692. The van der Waals surface area contributed by atoms with Crippen LogP contribution in [0.25, 0.3) is 0 Å². The molecule has 1 aromatic carbocycles. The molecule has 8 heteroatoms. The predicted molar refractivity (Wildman–Crippen MR) is 50.7 cm³/mol. The van der Waals surface area contributed by atoms with Crippen LogP contribution in [0.3, 0.4) is 0 Å². The molecule has 0 fully saturated rings. The van der Waals surface area contributed by atoms with Crippen molar-refractivity contribution in [1.29, 1.82) is 0 Å². The highest BCUT2D eigenvalue weighted by Crippen LogP contribution is 2.45. The van der Waals surface area contributed by atoms with Crippen molar-refractivity contribution in [2.75, 3.05) is 7.11 Å². The van der Waals surface area contributed by atoms with Crippen molar-refractivity contribution < 1.29 is 31.1 Å². The van der Waals surface area contributed by atoms with Crippen molar-refractivity contribution in [3.8, 4) is 5.75 Å². The minimum absolute atomic E-state index is 0.321. The topological polar surface area (TPSA) is 9.23 Å². The number of methoxy groups -OCH3 is 1. The van der Waals surface area contributed by atoms with E-state index >= 15 is 0 Å². The SMILES string of the molecule is COc1c(C(F)(F)F)cc(Br)cc1C(F)(F)F. The molecule has 0 heterocycles. The van der Waals surface area contributed by atoms with E-state index in [0.717, 1.165) is 7.11 Å². The first-order chi connectivity index (χ1) is 7.57. The molecule has 0 spiro atoms. The molecular weight excluding hydrogens is 318 g/mol. The number of hydrogen-bond acceptors (Lipinski definition) is 1. The molecule has 0 aliphatic carbocycles. The molecular formula is C9H5BrF6O. The van der Waals surface area contributed by atoms with Gasteiger partial charge in [-0.25, -0.2) is 0 Å². The third kappa shape index (κ3) is 3.05. The van der Waals surface area contributed by atoms with Crippen molar-refractivity contribution in [2.45, 2.75) is 12.4 Å². The van der Waals surface area contributed by atoms with Crippen molar-refractivity contribution >= 4 is 15.9 Å². The van der Waals surface area contributed by atoms with Gasteiger partial charge in [-0.2, -0.15) is 26.3 Å². The summed E-state index contributed by atoms with van der Waals surface area (Å²) >= 11 is 2.61. The number of benzene rings is 1. The Morgan fingerprint density at radius 1 is 0.941 bits per heavy atom. The van der Waals surface area contributed by atoms with Gasteiger partial charge in [-0.15, -0.1) is 0 Å². The number of rotatable bonds is 1. The van der Waals surface area contributed by atoms with Crippen LogP contribution in [-0.2, 0) is 12.4 Å². The minimum atomic E-state index is -4.92. The maximum atomic E-state index is 12.5. The van der Waals surface area contributed by atoms with Crippen LogP contribution in [0.15, 0.2) is 16.6 Å². The molecule has 17 heavy (non-hydrogen) atoms. The second-order valence-electron chi connectivity index (χ2n) is 3.03. The molecule has 0 aliphatic rings. The summed E-state index contributed by atoms with van der Waals surface area (Å²) < 4.78 is 79.0. The molecule has 0 aliphatic heterocycles. The summed E-state index contributed by atoms with van der Waals surface area (Å²) in [6, 6.07) is 1.07. The van der Waals surface area contributed by atoms with E-state index in [2.05, 4.69) is 20.7 Å². The summed E-state index contributed by atoms with van der Waals surface area (Å²) in [5.74, 6) is -1.23. The summed E-state index contributed by atoms with van der Waals surface area (Å²) in [5.41, 5.74) is -2.94. The van der Waals surface area contributed by atoms with Crippen LogP contribution >= 0.6 is 15.9 Å². The van der Waals surface area contributed by atoms with Gasteiger partial charge in [0.2, 0.25) is 0 Å². The van der Waals surface area contributed by atoms with Gasteiger partial charge in [-0.05, 0) is 12.1 Å². The zero-order chi connectivity index (χ0) is 13.4. The van der Waals surface area contributed by atoms with E-state index in [0.29, 0.717) is 12.1 Å². The molecule has 0 amide bonds. The van der Waals surface area contributed by atoms with E-state index in [-0.39, 0.29) is 4.47 Å². The van der Waals surface area contributed by atoms with E-state index in [1.165, 1.54) is 0 Å². The lowest BCUT2D eigenvalue weighted by molar-refractivity contribution is -0.145. The fraction of sp³-hybridized carbons (Fsp3) is 0.333. The van der Waals surface area contributed by atoms with E-state index in [4.69, 9.17) is 0 Å². The molecule has 0 saturated carbocycles. The molecule has 1 nitrogen and oxygen atoms in total. The maximum Gasteiger partial charge on any atom is 0.420 e. The normalized spacial score (nSPS) is 12.7. The van der Waals surface area contributed by atoms with Crippen LogP contribution in [0, 0.1) is 0 Å². The third-order valence-corrected chi connectivity index (χ3v) is 2.33. The Hall–Kier alpha value is -0.920. The highest BCUT2D eigenvalue weighted by molar-refractivity contribution is 9.10. The summed E-state index contributed by atoms with van der Waals surface area (Å²) in [5, 5.41) is 0. The van der Waals surface area contributed by atoms with E-state index in [1.54, 1.807) is 0 Å². The van der Waals surface area contributed by atoms with Crippen molar-refractivity contribution in [3.63, 3.8) is 0 Å². The lowest BCUT2D eigenvalue weighted by Crippen LogP contribution is -2.14. The molecule has 0 radical (unpaired) electrons. The largest absolute Gasteiger partial charge is 0.495 e. The lowest BCUT2D eigenvalue weighted by atomic mass is 10.1. The number of halogens is 7. The summed E-state index contributed by atoms with van der Waals surface area (Å²) in [6.07, 6.45) is -9.84. The molecule has 0 bridgehead atoms. The Bertz CT molecular complexity index is 387. The van der Waals surface area contributed by atoms with Gasteiger partial charge in [0.05, 0.1) is 18.2 Å². The molecule has 1 rings (SSSR count).